The highest BCUT2D eigenvalue weighted by molar-refractivity contribution is 5.99. The maximum Gasteiger partial charge on any atom is 0.280 e. The molecule has 3 atom stereocenters. The molecule has 0 saturated heterocycles. The predicted octanol–water partition coefficient (Wildman–Crippen LogP) is 0.199. The molecule has 0 aliphatic carbocycles. The molecule has 0 saturated carbocycles. The molecule has 2 aromatic carbocycles. The standard InChI is InChI=1S/C30H36FN9O4/c31-22(14-19-8-3-1-4-9-19)27(42)39-25(16-21-17-35-18-37-21)29(44)40-24(15-20-10-5-2-6-11-20)28(43)38-23(26(32)41)12-7-13-36-30(33)34/h1-6,8-11,14,17-18,23-25H,7,12-13,15-16H2,(H2,32,41)(H,35,37)(H,38,43)(H,39,42)(H,40,44)(H4,33,34,36)/b22-14-/t23-,24-,25+/m1/s1. The number of primary amides is 1. The number of carbonyl (C=O) groups excluding carboxylic acids is 4. The Hall–Kier alpha value is -5.53. The predicted molar refractivity (Wildman–Crippen MR) is 163 cm³/mol. The highest BCUT2D eigenvalue weighted by Crippen LogP contribution is 2.10. The fourth-order valence-corrected chi connectivity index (χ4v) is 4.21. The zero-order valence-electron chi connectivity index (χ0n) is 23.9. The SMILES string of the molecule is NC(=O)[C@@H](CCCN=C(N)N)NC(=O)[C@@H](Cc1ccccc1)NC(=O)[C@H](Cc1cnc[nH]1)NC(=O)/C(F)=C/c1ccccc1. The van der Waals surface area contributed by atoms with Crippen LogP contribution in [0.5, 0.6) is 0 Å². The second-order valence-corrected chi connectivity index (χ2v) is 9.87. The zero-order chi connectivity index (χ0) is 31.9. The van der Waals surface area contributed by atoms with Crippen molar-refractivity contribution in [3.63, 3.8) is 0 Å². The number of nitrogens with two attached hydrogens (primary N) is 3. The number of rotatable bonds is 16. The van der Waals surface area contributed by atoms with Gasteiger partial charge in [0, 0.05) is 31.3 Å². The Morgan fingerprint density at radius 1 is 0.864 bits per heavy atom. The molecule has 0 unspecified atom stereocenters. The Balaban J connectivity index is 1.80. The van der Waals surface area contributed by atoms with Gasteiger partial charge in [-0.25, -0.2) is 9.37 Å². The molecule has 3 rings (SSSR count). The van der Waals surface area contributed by atoms with Crippen LogP contribution in [0.3, 0.4) is 0 Å². The molecule has 0 spiro atoms. The lowest BCUT2D eigenvalue weighted by Gasteiger charge is -2.25. The number of imidazole rings is 1. The van der Waals surface area contributed by atoms with Crippen LogP contribution in [-0.4, -0.2) is 64.2 Å². The van der Waals surface area contributed by atoms with Crippen molar-refractivity contribution in [1.29, 1.82) is 0 Å². The van der Waals surface area contributed by atoms with Crippen molar-refractivity contribution in [3.05, 3.63) is 95.8 Å². The molecule has 0 aliphatic rings. The van der Waals surface area contributed by atoms with Crippen LogP contribution in [0.1, 0.15) is 29.7 Å². The van der Waals surface area contributed by atoms with Crippen LogP contribution < -0.4 is 33.2 Å². The number of carbonyl (C=O) groups is 4. The van der Waals surface area contributed by atoms with E-state index in [4.69, 9.17) is 17.2 Å². The molecule has 1 heterocycles. The van der Waals surface area contributed by atoms with Gasteiger partial charge in [-0.3, -0.25) is 24.2 Å². The fourth-order valence-electron chi connectivity index (χ4n) is 4.21. The molecule has 0 bridgehead atoms. The van der Waals surface area contributed by atoms with Crippen LogP contribution in [0, 0.1) is 0 Å². The summed E-state index contributed by atoms with van der Waals surface area (Å²) >= 11 is 0. The van der Waals surface area contributed by atoms with Crippen molar-refractivity contribution in [3.8, 4) is 0 Å². The number of amides is 4. The minimum absolute atomic E-state index is 0.0465. The zero-order valence-corrected chi connectivity index (χ0v) is 23.9. The first-order valence-corrected chi connectivity index (χ1v) is 13.8. The van der Waals surface area contributed by atoms with E-state index < -0.39 is 47.6 Å². The van der Waals surface area contributed by atoms with Crippen molar-refractivity contribution in [2.24, 2.45) is 22.2 Å². The first-order chi connectivity index (χ1) is 21.1. The topological polar surface area (TPSA) is 223 Å². The maximum absolute atomic E-state index is 14.8. The summed E-state index contributed by atoms with van der Waals surface area (Å²) in [5, 5.41) is 7.64. The second kappa shape index (κ2) is 16.8. The number of halogens is 1. The Morgan fingerprint density at radius 3 is 2.07 bits per heavy atom. The summed E-state index contributed by atoms with van der Waals surface area (Å²) in [7, 11) is 0. The Bertz CT molecular complexity index is 1440. The first-order valence-electron chi connectivity index (χ1n) is 13.8. The number of hydrogen-bond acceptors (Lipinski definition) is 6. The third kappa shape index (κ3) is 11.0. The Labute approximate surface area is 253 Å². The minimum atomic E-state index is -1.30. The maximum atomic E-state index is 14.8. The number of benzene rings is 2. The molecule has 0 fully saturated rings. The number of nitrogens with one attached hydrogen (secondary N) is 4. The molecule has 0 aliphatic heterocycles. The van der Waals surface area contributed by atoms with Crippen LogP contribution >= 0.6 is 0 Å². The summed E-state index contributed by atoms with van der Waals surface area (Å²) in [6, 6.07) is 13.7. The van der Waals surface area contributed by atoms with Crippen LogP contribution in [-0.2, 0) is 32.0 Å². The van der Waals surface area contributed by atoms with Crippen molar-refractivity contribution >= 4 is 35.7 Å². The molecule has 44 heavy (non-hydrogen) atoms. The summed E-state index contributed by atoms with van der Waals surface area (Å²) in [4.78, 5) is 62.5. The van der Waals surface area contributed by atoms with Crippen molar-refractivity contribution in [2.45, 2.75) is 43.8 Å². The monoisotopic (exact) mass is 605 g/mol. The average Bonchev–Trinajstić information content (AvgIpc) is 3.52. The molecule has 1 aromatic heterocycles. The van der Waals surface area contributed by atoms with Gasteiger partial charge in [-0.15, -0.1) is 0 Å². The quantitative estimate of drug-likeness (QED) is 0.0519. The smallest absolute Gasteiger partial charge is 0.280 e. The van der Waals surface area contributed by atoms with Crippen LogP contribution in [0.15, 0.2) is 84.0 Å². The highest BCUT2D eigenvalue weighted by Gasteiger charge is 2.30. The number of guanidine groups is 1. The molecule has 13 nitrogen and oxygen atoms in total. The Kier molecular flexibility index (Phi) is 12.6. The van der Waals surface area contributed by atoms with Crippen molar-refractivity contribution < 1.29 is 23.6 Å². The normalized spacial score (nSPS) is 13.2. The van der Waals surface area contributed by atoms with Crippen molar-refractivity contribution in [2.75, 3.05) is 6.54 Å². The number of hydrogen-bond donors (Lipinski definition) is 7. The summed E-state index contributed by atoms with van der Waals surface area (Å²) in [6.45, 7) is 0.219. The van der Waals surface area contributed by atoms with Gasteiger partial charge in [0.15, 0.2) is 11.8 Å². The average molecular weight is 606 g/mol. The fraction of sp³-hybridized carbons (Fsp3) is 0.267. The molecule has 10 N–H and O–H groups in total. The second-order valence-electron chi connectivity index (χ2n) is 9.87. The largest absolute Gasteiger partial charge is 0.370 e. The highest BCUT2D eigenvalue weighted by atomic mass is 19.1. The van der Waals surface area contributed by atoms with E-state index >= 15 is 0 Å². The number of H-pyrrole nitrogens is 1. The van der Waals surface area contributed by atoms with Gasteiger partial charge in [-0.1, -0.05) is 60.7 Å². The Morgan fingerprint density at radius 2 is 1.48 bits per heavy atom. The van der Waals surface area contributed by atoms with E-state index in [0.717, 1.165) is 6.08 Å². The third-order valence-electron chi connectivity index (χ3n) is 6.43. The molecule has 14 heteroatoms. The van der Waals surface area contributed by atoms with Crippen LogP contribution in [0.4, 0.5) is 4.39 Å². The molecule has 232 valence electrons. The van der Waals surface area contributed by atoms with Gasteiger partial charge in [0.25, 0.3) is 5.91 Å². The number of aliphatic imine (C=N–C) groups is 1. The molecule has 4 amide bonds. The van der Waals surface area contributed by atoms with Gasteiger partial charge < -0.3 is 38.1 Å². The molecule has 3 aromatic rings. The van der Waals surface area contributed by atoms with E-state index in [0.29, 0.717) is 23.2 Å². The minimum Gasteiger partial charge on any atom is -0.370 e. The van der Waals surface area contributed by atoms with E-state index in [1.54, 1.807) is 60.7 Å². The van der Waals surface area contributed by atoms with Gasteiger partial charge in [-0.05, 0) is 30.0 Å². The summed E-state index contributed by atoms with van der Waals surface area (Å²) in [5.74, 6) is -4.57. The number of aromatic nitrogens is 2. The van der Waals surface area contributed by atoms with Gasteiger partial charge >= 0.3 is 0 Å². The number of nitrogens with zero attached hydrogens (tertiary/aromatic N) is 2. The van der Waals surface area contributed by atoms with Gasteiger partial charge in [0.2, 0.25) is 17.7 Å². The third-order valence-corrected chi connectivity index (χ3v) is 6.43. The molecule has 0 radical (unpaired) electrons. The molecular weight excluding hydrogens is 569 g/mol. The summed E-state index contributed by atoms with van der Waals surface area (Å²) < 4.78 is 14.8. The van der Waals surface area contributed by atoms with Crippen LogP contribution in [0.2, 0.25) is 0 Å². The van der Waals surface area contributed by atoms with E-state index in [-0.39, 0.29) is 31.8 Å². The summed E-state index contributed by atoms with van der Waals surface area (Å²) in [5.41, 5.74) is 17.8. The van der Waals surface area contributed by atoms with E-state index in [1.807, 2.05) is 0 Å². The van der Waals surface area contributed by atoms with E-state index in [9.17, 15) is 23.6 Å². The first kappa shape index (κ1) is 33.0. The van der Waals surface area contributed by atoms with E-state index in [1.165, 1.54) is 12.5 Å². The number of aromatic amines is 1. The van der Waals surface area contributed by atoms with E-state index in [2.05, 4.69) is 30.9 Å². The summed E-state index contributed by atoms with van der Waals surface area (Å²) in [6.07, 6.45) is 4.36. The molecular formula is C30H36FN9O4. The van der Waals surface area contributed by atoms with Crippen LogP contribution in [0.25, 0.3) is 6.08 Å². The lowest BCUT2D eigenvalue weighted by molar-refractivity contribution is -0.133. The lowest BCUT2D eigenvalue weighted by atomic mass is 10.0. The van der Waals surface area contributed by atoms with Gasteiger partial charge in [0.05, 0.1) is 6.33 Å². The van der Waals surface area contributed by atoms with Gasteiger partial charge in [-0.2, -0.15) is 0 Å². The van der Waals surface area contributed by atoms with Gasteiger partial charge in [0.1, 0.15) is 18.1 Å². The van der Waals surface area contributed by atoms with Crippen molar-refractivity contribution in [1.82, 2.24) is 25.9 Å². The lowest BCUT2D eigenvalue weighted by Crippen LogP contribution is -2.57.